The van der Waals surface area contributed by atoms with E-state index in [4.69, 9.17) is 15.3 Å². The minimum Gasteiger partial charge on any atom is -0.439 e. The van der Waals surface area contributed by atoms with E-state index >= 15 is 0 Å². The number of fused-ring (bicyclic) bond motifs is 1. The molecular weight excluding hydrogens is 230 g/mol. The molecule has 96 valence electrons. The van der Waals surface area contributed by atoms with Crippen LogP contribution in [0.2, 0.25) is 0 Å². The lowest BCUT2D eigenvalue weighted by Gasteiger charge is -2.18. The summed E-state index contributed by atoms with van der Waals surface area (Å²) in [6.45, 7) is 1.50. The maximum atomic E-state index is 9.06. The standard InChI is InChI=1S/C13H17N3O2/c14-9-1-4-12-11(7-9)15-13(18-12)8-16(5-6-17)10-2-3-10/h1,4,7,10,17H,2-3,5-6,8,14H2. The maximum absolute atomic E-state index is 9.06. The van der Waals surface area contributed by atoms with E-state index in [-0.39, 0.29) is 6.61 Å². The van der Waals surface area contributed by atoms with Gasteiger partial charge < -0.3 is 15.3 Å². The molecule has 1 fully saturated rings. The molecule has 5 nitrogen and oxygen atoms in total. The summed E-state index contributed by atoms with van der Waals surface area (Å²) in [6, 6.07) is 6.05. The number of aliphatic hydroxyl groups is 1. The van der Waals surface area contributed by atoms with Crippen molar-refractivity contribution in [3.05, 3.63) is 24.1 Å². The van der Waals surface area contributed by atoms with Crippen LogP contribution >= 0.6 is 0 Å². The van der Waals surface area contributed by atoms with Gasteiger partial charge in [0.25, 0.3) is 0 Å². The van der Waals surface area contributed by atoms with Crippen molar-refractivity contribution >= 4 is 16.8 Å². The third-order valence-electron chi connectivity index (χ3n) is 3.24. The second kappa shape index (κ2) is 4.59. The summed E-state index contributed by atoms with van der Waals surface area (Å²) in [5.41, 5.74) is 7.97. The van der Waals surface area contributed by atoms with Gasteiger partial charge in [0.15, 0.2) is 5.58 Å². The lowest BCUT2D eigenvalue weighted by Crippen LogP contribution is -2.28. The first-order valence-electron chi connectivity index (χ1n) is 6.26. The Balaban J connectivity index is 1.80. The number of hydrogen-bond donors (Lipinski definition) is 2. The Morgan fingerprint density at radius 1 is 1.44 bits per heavy atom. The summed E-state index contributed by atoms with van der Waals surface area (Å²) in [5.74, 6) is 0.691. The number of nitrogens with two attached hydrogens (primary N) is 1. The fourth-order valence-electron chi connectivity index (χ4n) is 2.19. The number of oxazole rings is 1. The van der Waals surface area contributed by atoms with E-state index in [1.807, 2.05) is 18.2 Å². The van der Waals surface area contributed by atoms with Gasteiger partial charge in [0.1, 0.15) is 5.52 Å². The molecule has 0 bridgehead atoms. The SMILES string of the molecule is Nc1ccc2oc(CN(CCO)C3CC3)nc2c1. The molecule has 0 spiro atoms. The average Bonchev–Trinajstić information content (AvgIpc) is 3.10. The number of aliphatic hydroxyl groups excluding tert-OH is 1. The molecule has 1 heterocycles. The molecule has 1 aromatic heterocycles. The normalized spacial score (nSPS) is 15.7. The average molecular weight is 247 g/mol. The Bertz CT molecular complexity index is 548. The second-order valence-electron chi connectivity index (χ2n) is 4.76. The Hall–Kier alpha value is -1.59. The summed E-state index contributed by atoms with van der Waals surface area (Å²) >= 11 is 0. The van der Waals surface area contributed by atoms with E-state index in [9.17, 15) is 0 Å². The van der Waals surface area contributed by atoms with Crippen LogP contribution in [-0.2, 0) is 6.54 Å². The van der Waals surface area contributed by atoms with Gasteiger partial charge in [-0.3, -0.25) is 4.90 Å². The highest BCUT2D eigenvalue weighted by Crippen LogP contribution is 2.28. The smallest absolute Gasteiger partial charge is 0.209 e. The van der Waals surface area contributed by atoms with E-state index in [1.165, 1.54) is 12.8 Å². The minimum absolute atomic E-state index is 0.170. The zero-order valence-electron chi connectivity index (χ0n) is 10.2. The van der Waals surface area contributed by atoms with Gasteiger partial charge in [-0.2, -0.15) is 0 Å². The fraction of sp³-hybridized carbons (Fsp3) is 0.462. The molecule has 1 saturated carbocycles. The molecular formula is C13H17N3O2. The van der Waals surface area contributed by atoms with E-state index in [0.717, 1.165) is 11.1 Å². The largest absolute Gasteiger partial charge is 0.439 e. The van der Waals surface area contributed by atoms with Gasteiger partial charge in [-0.15, -0.1) is 0 Å². The zero-order valence-corrected chi connectivity index (χ0v) is 10.2. The molecule has 2 aromatic rings. The minimum atomic E-state index is 0.170. The second-order valence-corrected chi connectivity index (χ2v) is 4.76. The summed E-state index contributed by atoms with van der Waals surface area (Å²) in [7, 11) is 0. The molecule has 0 aliphatic heterocycles. The van der Waals surface area contributed by atoms with Crippen LogP contribution in [0.3, 0.4) is 0 Å². The molecule has 0 unspecified atom stereocenters. The first-order valence-corrected chi connectivity index (χ1v) is 6.26. The highest BCUT2D eigenvalue weighted by atomic mass is 16.3. The number of nitrogen functional groups attached to an aromatic ring is 1. The van der Waals surface area contributed by atoms with E-state index < -0.39 is 0 Å². The summed E-state index contributed by atoms with van der Waals surface area (Å²) in [4.78, 5) is 6.65. The van der Waals surface area contributed by atoms with Crippen molar-refractivity contribution < 1.29 is 9.52 Å². The van der Waals surface area contributed by atoms with Crippen molar-refractivity contribution in [1.29, 1.82) is 0 Å². The highest BCUT2D eigenvalue weighted by Gasteiger charge is 2.29. The van der Waals surface area contributed by atoms with Crippen molar-refractivity contribution in [2.45, 2.75) is 25.4 Å². The van der Waals surface area contributed by atoms with Crippen molar-refractivity contribution in [2.75, 3.05) is 18.9 Å². The van der Waals surface area contributed by atoms with Crippen LogP contribution in [0.4, 0.5) is 5.69 Å². The van der Waals surface area contributed by atoms with Gasteiger partial charge >= 0.3 is 0 Å². The van der Waals surface area contributed by atoms with Crippen LogP contribution in [0, 0.1) is 0 Å². The topological polar surface area (TPSA) is 75.5 Å². The number of rotatable bonds is 5. The predicted molar refractivity (Wildman–Crippen MR) is 68.9 cm³/mol. The van der Waals surface area contributed by atoms with Gasteiger partial charge in [0, 0.05) is 18.3 Å². The highest BCUT2D eigenvalue weighted by molar-refractivity contribution is 5.76. The van der Waals surface area contributed by atoms with Gasteiger partial charge in [-0.25, -0.2) is 4.98 Å². The lowest BCUT2D eigenvalue weighted by molar-refractivity contribution is 0.172. The Labute approximate surface area is 105 Å². The maximum Gasteiger partial charge on any atom is 0.209 e. The van der Waals surface area contributed by atoms with Gasteiger partial charge in [-0.1, -0.05) is 0 Å². The number of anilines is 1. The number of hydrogen-bond acceptors (Lipinski definition) is 5. The molecule has 18 heavy (non-hydrogen) atoms. The lowest BCUT2D eigenvalue weighted by atomic mass is 10.3. The molecule has 0 saturated heterocycles. The Morgan fingerprint density at radius 2 is 2.28 bits per heavy atom. The molecule has 0 atom stereocenters. The quantitative estimate of drug-likeness (QED) is 0.780. The molecule has 3 N–H and O–H groups in total. The number of nitrogens with zero attached hydrogens (tertiary/aromatic N) is 2. The van der Waals surface area contributed by atoms with E-state index in [1.54, 1.807) is 0 Å². The van der Waals surface area contributed by atoms with Gasteiger partial charge in [0.05, 0.1) is 13.2 Å². The summed E-state index contributed by atoms with van der Waals surface area (Å²) in [5, 5.41) is 9.06. The number of benzene rings is 1. The van der Waals surface area contributed by atoms with Crippen molar-refractivity contribution in [3.8, 4) is 0 Å². The van der Waals surface area contributed by atoms with Crippen LogP contribution in [0.5, 0.6) is 0 Å². The zero-order chi connectivity index (χ0) is 12.5. The van der Waals surface area contributed by atoms with E-state index in [0.29, 0.717) is 30.7 Å². The molecule has 0 radical (unpaired) electrons. The van der Waals surface area contributed by atoms with Crippen LogP contribution in [0.1, 0.15) is 18.7 Å². The van der Waals surface area contributed by atoms with Crippen molar-refractivity contribution in [2.24, 2.45) is 0 Å². The predicted octanol–water partition coefficient (Wildman–Crippen LogP) is 1.37. The van der Waals surface area contributed by atoms with Crippen LogP contribution in [0.25, 0.3) is 11.1 Å². The molecule has 0 amide bonds. The van der Waals surface area contributed by atoms with Gasteiger partial charge in [-0.05, 0) is 31.0 Å². The first-order chi connectivity index (χ1) is 8.76. The number of aromatic nitrogens is 1. The molecule has 1 aromatic carbocycles. The van der Waals surface area contributed by atoms with Crippen molar-refractivity contribution in [1.82, 2.24) is 9.88 Å². The van der Waals surface area contributed by atoms with Crippen LogP contribution in [-0.4, -0.2) is 34.2 Å². The monoisotopic (exact) mass is 247 g/mol. The van der Waals surface area contributed by atoms with Crippen LogP contribution in [0.15, 0.2) is 22.6 Å². The fourth-order valence-corrected chi connectivity index (χ4v) is 2.19. The van der Waals surface area contributed by atoms with Gasteiger partial charge in [0.2, 0.25) is 5.89 Å². The van der Waals surface area contributed by atoms with Crippen LogP contribution < -0.4 is 5.73 Å². The third-order valence-corrected chi connectivity index (χ3v) is 3.24. The molecule has 1 aliphatic rings. The van der Waals surface area contributed by atoms with Crippen molar-refractivity contribution in [3.63, 3.8) is 0 Å². The molecule has 5 heteroatoms. The summed E-state index contributed by atoms with van der Waals surface area (Å²) < 4.78 is 5.69. The van der Waals surface area contributed by atoms with E-state index in [2.05, 4.69) is 9.88 Å². The first kappa shape index (κ1) is 11.5. The molecule has 1 aliphatic carbocycles. The molecule has 3 rings (SSSR count). The third kappa shape index (κ3) is 2.32. The Morgan fingerprint density at radius 3 is 3.00 bits per heavy atom. The summed E-state index contributed by atoms with van der Waals surface area (Å²) in [6.07, 6.45) is 2.40. The Kier molecular flexibility index (Phi) is 2.93.